The molecule has 0 heterocycles. The summed E-state index contributed by atoms with van der Waals surface area (Å²) in [5.74, 6) is 0.815. The Labute approximate surface area is 63.6 Å². The molecule has 0 aromatic rings. The van der Waals surface area contributed by atoms with E-state index in [1.807, 2.05) is 0 Å². The summed E-state index contributed by atoms with van der Waals surface area (Å²) in [6.45, 7) is 4.46. The quantitative estimate of drug-likeness (QED) is 0.546. The number of allylic oxidation sites excluding steroid dienone is 4. The average molecular weight is 136 g/mol. The maximum Gasteiger partial charge on any atom is -0.0198 e. The third-order valence-electron chi connectivity index (χ3n) is 2.20. The van der Waals surface area contributed by atoms with E-state index in [2.05, 4.69) is 32.1 Å². The van der Waals surface area contributed by atoms with Crippen molar-refractivity contribution in [2.75, 3.05) is 0 Å². The summed E-state index contributed by atoms with van der Waals surface area (Å²) in [6, 6.07) is 0. The molecule has 10 heavy (non-hydrogen) atoms. The summed E-state index contributed by atoms with van der Waals surface area (Å²) in [5, 5.41) is 0. The first-order chi connectivity index (χ1) is 4.86. The molecule has 0 amide bonds. The summed E-state index contributed by atoms with van der Waals surface area (Å²) in [4.78, 5) is 0. The van der Waals surface area contributed by atoms with E-state index in [4.69, 9.17) is 0 Å². The molecule has 0 N–H and O–H groups in total. The SMILES string of the molecule is CCC1=CCC(CC)C=C1. The van der Waals surface area contributed by atoms with Gasteiger partial charge in [0.15, 0.2) is 0 Å². The summed E-state index contributed by atoms with van der Waals surface area (Å²) < 4.78 is 0. The number of hydrogen-bond donors (Lipinski definition) is 0. The van der Waals surface area contributed by atoms with E-state index < -0.39 is 0 Å². The second kappa shape index (κ2) is 3.60. The molecule has 0 fully saturated rings. The molecule has 56 valence electrons. The van der Waals surface area contributed by atoms with Gasteiger partial charge >= 0.3 is 0 Å². The third kappa shape index (κ3) is 1.73. The highest BCUT2D eigenvalue weighted by molar-refractivity contribution is 5.22. The van der Waals surface area contributed by atoms with Crippen LogP contribution in [0.4, 0.5) is 0 Å². The Morgan fingerprint density at radius 2 is 2.30 bits per heavy atom. The lowest BCUT2D eigenvalue weighted by Gasteiger charge is -2.12. The van der Waals surface area contributed by atoms with Gasteiger partial charge in [-0.1, -0.05) is 37.6 Å². The molecule has 0 radical (unpaired) electrons. The van der Waals surface area contributed by atoms with Crippen molar-refractivity contribution in [2.45, 2.75) is 33.1 Å². The van der Waals surface area contributed by atoms with E-state index in [0.29, 0.717) is 0 Å². The van der Waals surface area contributed by atoms with Crippen molar-refractivity contribution < 1.29 is 0 Å². The Balaban J connectivity index is 2.46. The van der Waals surface area contributed by atoms with Crippen LogP contribution in [0, 0.1) is 5.92 Å². The van der Waals surface area contributed by atoms with Gasteiger partial charge in [-0.25, -0.2) is 0 Å². The van der Waals surface area contributed by atoms with Crippen LogP contribution in [0.3, 0.4) is 0 Å². The zero-order chi connectivity index (χ0) is 7.40. The van der Waals surface area contributed by atoms with Gasteiger partial charge in [-0.15, -0.1) is 0 Å². The van der Waals surface area contributed by atoms with Crippen LogP contribution in [-0.2, 0) is 0 Å². The average Bonchev–Trinajstić information content (AvgIpc) is 2.05. The van der Waals surface area contributed by atoms with Gasteiger partial charge in [0, 0.05) is 0 Å². The fourth-order valence-corrected chi connectivity index (χ4v) is 1.27. The summed E-state index contributed by atoms with van der Waals surface area (Å²) in [7, 11) is 0. The highest BCUT2D eigenvalue weighted by atomic mass is 14.1. The minimum atomic E-state index is 0.815. The molecule has 1 rings (SSSR count). The molecule has 0 heteroatoms. The number of rotatable bonds is 2. The summed E-state index contributed by atoms with van der Waals surface area (Å²) >= 11 is 0. The van der Waals surface area contributed by atoms with Crippen molar-refractivity contribution >= 4 is 0 Å². The van der Waals surface area contributed by atoms with E-state index >= 15 is 0 Å². The van der Waals surface area contributed by atoms with Gasteiger partial charge in [-0.2, -0.15) is 0 Å². The lowest BCUT2D eigenvalue weighted by atomic mass is 9.94. The molecule has 0 saturated carbocycles. The predicted molar refractivity (Wildman–Crippen MR) is 45.9 cm³/mol. The molecule has 1 unspecified atom stereocenters. The molecule has 0 bridgehead atoms. The van der Waals surface area contributed by atoms with E-state index in [9.17, 15) is 0 Å². The molecule has 0 spiro atoms. The van der Waals surface area contributed by atoms with E-state index in [1.165, 1.54) is 24.8 Å². The minimum Gasteiger partial charge on any atom is -0.0809 e. The van der Waals surface area contributed by atoms with Crippen LogP contribution in [0.15, 0.2) is 23.8 Å². The van der Waals surface area contributed by atoms with Gasteiger partial charge in [0.1, 0.15) is 0 Å². The van der Waals surface area contributed by atoms with Crippen LogP contribution in [0.2, 0.25) is 0 Å². The van der Waals surface area contributed by atoms with Gasteiger partial charge in [-0.3, -0.25) is 0 Å². The van der Waals surface area contributed by atoms with Crippen LogP contribution in [0.1, 0.15) is 33.1 Å². The van der Waals surface area contributed by atoms with Crippen molar-refractivity contribution in [3.05, 3.63) is 23.8 Å². The fraction of sp³-hybridized carbons (Fsp3) is 0.600. The maximum absolute atomic E-state index is 2.37. The highest BCUT2D eigenvalue weighted by Crippen LogP contribution is 2.20. The first-order valence-electron chi connectivity index (χ1n) is 4.24. The molecule has 1 aliphatic rings. The largest absolute Gasteiger partial charge is 0.0809 e. The molecular weight excluding hydrogens is 120 g/mol. The van der Waals surface area contributed by atoms with E-state index in [0.717, 1.165) is 5.92 Å². The molecule has 0 saturated heterocycles. The van der Waals surface area contributed by atoms with Crippen LogP contribution < -0.4 is 0 Å². The second-order valence-corrected chi connectivity index (χ2v) is 2.90. The maximum atomic E-state index is 2.37. The van der Waals surface area contributed by atoms with Gasteiger partial charge < -0.3 is 0 Å². The lowest BCUT2D eigenvalue weighted by Crippen LogP contribution is -1.96. The van der Waals surface area contributed by atoms with Crippen LogP contribution in [0.5, 0.6) is 0 Å². The van der Waals surface area contributed by atoms with Gasteiger partial charge in [0.05, 0.1) is 0 Å². The molecule has 1 aliphatic carbocycles. The minimum absolute atomic E-state index is 0.815. The Morgan fingerprint density at radius 3 is 2.70 bits per heavy atom. The van der Waals surface area contributed by atoms with Crippen molar-refractivity contribution in [3.8, 4) is 0 Å². The molecule has 1 atom stereocenters. The Kier molecular flexibility index (Phi) is 2.73. The second-order valence-electron chi connectivity index (χ2n) is 2.90. The van der Waals surface area contributed by atoms with Crippen molar-refractivity contribution in [1.82, 2.24) is 0 Å². The Bertz CT molecular complexity index is 151. The van der Waals surface area contributed by atoms with Crippen LogP contribution in [-0.4, -0.2) is 0 Å². The van der Waals surface area contributed by atoms with Gasteiger partial charge in [-0.05, 0) is 25.2 Å². The zero-order valence-corrected chi connectivity index (χ0v) is 6.93. The van der Waals surface area contributed by atoms with Crippen LogP contribution in [0.25, 0.3) is 0 Å². The Morgan fingerprint density at radius 1 is 1.50 bits per heavy atom. The molecular formula is C10H16. The fourth-order valence-electron chi connectivity index (χ4n) is 1.27. The van der Waals surface area contributed by atoms with Gasteiger partial charge in [0.25, 0.3) is 0 Å². The number of hydrogen-bond acceptors (Lipinski definition) is 0. The standard InChI is InChI=1S/C10H16/c1-3-9-5-7-10(4-2)8-6-9/h5-7,10H,3-4,8H2,1-2H3. The molecule has 0 aliphatic heterocycles. The van der Waals surface area contributed by atoms with Crippen molar-refractivity contribution in [2.24, 2.45) is 5.92 Å². The zero-order valence-electron chi connectivity index (χ0n) is 6.93. The normalized spacial score (nSPS) is 24.6. The Hall–Kier alpha value is -0.520. The molecule has 0 nitrogen and oxygen atoms in total. The van der Waals surface area contributed by atoms with Crippen molar-refractivity contribution in [3.63, 3.8) is 0 Å². The molecule has 0 aromatic carbocycles. The summed E-state index contributed by atoms with van der Waals surface area (Å²) in [6.07, 6.45) is 10.7. The predicted octanol–water partition coefficient (Wildman–Crippen LogP) is 3.31. The molecule has 0 aromatic heterocycles. The highest BCUT2D eigenvalue weighted by Gasteiger charge is 2.03. The third-order valence-corrected chi connectivity index (χ3v) is 2.20. The lowest BCUT2D eigenvalue weighted by molar-refractivity contribution is 0.627. The van der Waals surface area contributed by atoms with Crippen LogP contribution >= 0.6 is 0 Å². The smallest absolute Gasteiger partial charge is 0.0198 e. The van der Waals surface area contributed by atoms with Crippen molar-refractivity contribution in [1.29, 1.82) is 0 Å². The monoisotopic (exact) mass is 136 g/mol. The topological polar surface area (TPSA) is 0 Å². The van der Waals surface area contributed by atoms with E-state index in [1.54, 1.807) is 0 Å². The van der Waals surface area contributed by atoms with Gasteiger partial charge in [0.2, 0.25) is 0 Å². The first kappa shape index (κ1) is 7.59. The first-order valence-corrected chi connectivity index (χ1v) is 4.24. The van der Waals surface area contributed by atoms with E-state index in [-0.39, 0.29) is 0 Å². The summed E-state index contributed by atoms with van der Waals surface area (Å²) in [5.41, 5.74) is 1.50.